The maximum Gasteiger partial charge on any atom is 0.309 e. The standard InChI is InChI=1S/C28H35NO4/c1-18(2)11-20-5-6-23(27(12-20)32-4)17-33-25-9-10-26-19(3)22(8-7-21(26)13-25)14-29-15-24(16-29)28(30)31/h5-6,9-10,12-13,18,24H,7-8,11,14-17H2,1-4H3,(H,30,31). The summed E-state index contributed by atoms with van der Waals surface area (Å²) in [5.41, 5.74) is 7.69. The Morgan fingerprint density at radius 3 is 2.64 bits per heavy atom. The van der Waals surface area contributed by atoms with Crippen molar-refractivity contribution in [1.29, 1.82) is 0 Å². The van der Waals surface area contributed by atoms with E-state index < -0.39 is 5.97 Å². The van der Waals surface area contributed by atoms with Crippen LogP contribution in [0.3, 0.4) is 0 Å². The maximum absolute atomic E-state index is 11.1. The number of fused-ring (bicyclic) bond motifs is 1. The Hall–Kier alpha value is -2.79. The number of rotatable bonds is 9. The van der Waals surface area contributed by atoms with E-state index in [4.69, 9.17) is 14.6 Å². The molecule has 2 aromatic rings. The van der Waals surface area contributed by atoms with Crippen LogP contribution in [0.4, 0.5) is 0 Å². The number of aliphatic carboxylic acids is 1. The zero-order valence-corrected chi connectivity index (χ0v) is 20.2. The number of carboxylic acid groups (broad SMARTS) is 1. The normalized spacial score (nSPS) is 16.5. The van der Waals surface area contributed by atoms with Crippen molar-refractivity contribution in [2.75, 3.05) is 26.7 Å². The van der Waals surface area contributed by atoms with E-state index in [1.807, 2.05) is 0 Å². The lowest BCUT2D eigenvalue weighted by Gasteiger charge is -2.38. The van der Waals surface area contributed by atoms with Crippen molar-refractivity contribution in [1.82, 2.24) is 4.90 Å². The van der Waals surface area contributed by atoms with Gasteiger partial charge in [-0.15, -0.1) is 0 Å². The van der Waals surface area contributed by atoms with Crippen molar-refractivity contribution in [3.8, 4) is 11.5 Å². The van der Waals surface area contributed by atoms with Gasteiger partial charge in [0.1, 0.15) is 18.1 Å². The number of ether oxygens (including phenoxy) is 2. The van der Waals surface area contributed by atoms with Crippen LogP contribution in [0.15, 0.2) is 42.0 Å². The summed E-state index contributed by atoms with van der Waals surface area (Å²) in [7, 11) is 1.71. The number of likely N-dealkylation sites (tertiary alicyclic amines) is 1. The molecule has 1 N–H and O–H groups in total. The fourth-order valence-corrected chi connectivity index (χ4v) is 4.89. The maximum atomic E-state index is 11.1. The highest BCUT2D eigenvalue weighted by Crippen LogP contribution is 2.35. The van der Waals surface area contributed by atoms with Crippen molar-refractivity contribution >= 4 is 11.5 Å². The first kappa shape index (κ1) is 23.4. The van der Waals surface area contributed by atoms with Crippen LogP contribution in [0.2, 0.25) is 0 Å². The summed E-state index contributed by atoms with van der Waals surface area (Å²) in [5, 5.41) is 9.10. The first-order valence-corrected chi connectivity index (χ1v) is 11.9. The molecule has 2 aromatic carbocycles. The quantitative estimate of drug-likeness (QED) is 0.570. The molecule has 0 atom stereocenters. The molecule has 1 fully saturated rings. The fourth-order valence-electron chi connectivity index (χ4n) is 4.89. The Balaban J connectivity index is 1.40. The van der Waals surface area contributed by atoms with Crippen LogP contribution >= 0.6 is 0 Å². The number of hydrogen-bond donors (Lipinski definition) is 1. The molecular weight excluding hydrogens is 414 g/mol. The van der Waals surface area contributed by atoms with Gasteiger partial charge in [0.2, 0.25) is 0 Å². The van der Waals surface area contributed by atoms with Gasteiger partial charge in [0.25, 0.3) is 0 Å². The molecule has 1 aliphatic carbocycles. The number of carbonyl (C=O) groups is 1. The third-order valence-electron chi connectivity index (χ3n) is 6.82. The monoisotopic (exact) mass is 449 g/mol. The van der Waals surface area contributed by atoms with Crippen LogP contribution in [-0.4, -0.2) is 42.7 Å². The van der Waals surface area contributed by atoms with Gasteiger partial charge in [-0.2, -0.15) is 0 Å². The molecule has 0 aromatic heterocycles. The Bertz CT molecular complexity index is 1050. The van der Waals surface area contributed by atoms with Gasteiger partial charge in [-0.3, -0.25) is 9.69 Å². The predicted octanol–water partition coefficient (Wildman–Crippen LogP) is 5.21. The van der Waals surface area contributed by atoms with Gasteiger partial charge in [0.15, 0.2) is 0 Å². The average molecular weight is 450 g/mol. The van der Waals surface area contributed by atoms with E-state index in [0.717, 1.165) is 42.9 Å². The molecule has 0 bridgehead atoms. The lowest BCUT2D eigenvalue weighted by molar-refractivity contribution is -0.147. The zero-order chi connectivity index (χ0) is 23.5. The van der Waals surface area contributed by atoms with E-state index >= 15 is 0 Å². The van der Waals surface area contributed by atoms with Crippen LogP contribution in [0.5, 0.6) is 11.5 Å². The van der Waals surface area contributed by atoms with Crippen LogP contribution < -0.4 is 9.47 Å². The molecule has 0 spiro atoms. The van der Waals surface area contributed by atoms with Gasteiger partial charge in [-0.05, 0) is 72.6 Å². The molecule has 33 heavy (non-hydrogen) atoms. The van der Waals surface area contributed by atoms with Crippen molar-refractivity contribution < 1.29 is 19.4 Å². The van der Waals surface area contributed by atoms with Crippen molar-refractivity contribution in [2.45, 2.75) is 46.6 Å². The van der Waals surface area contributed by atoms with Gasteiger partial charge in [0, 0.05) is 25.2 Å². The van der Waals surface area contributed by atoms with E-state index in [1.54, 1.807) is 7.11 Å². The summed E-state index contributed by atoms with van der Waals surface area (Å²) in [5.74, 6) is 1.49. The SMILES string of the molecule is COc1cc(CC(C)C)ccc1COc1ccc2c(c1)CCC(CN1CC(C(=O)O)C1)=C2C. The molecule has 4 rings (SSSR count). The van der Waals surface area contributed by atoms with Crippen LogP contribution in [0.1, 0.15) is 49.4 Å². The third kappa shape index (κ3) is 5.41. The van der Waals surface area contributed by atoms with Crippen molar-refractivity contribution in [3.05, 3.63) is 64.2 Å². The van der Waals surface area contributed by atoms with Crippen molar-refractivity contribution in [3.63, 3.8) is 0 Å². The lowest BCUT2D eigenvalue weighted by Crippen LogP contribution is -2.50. The Kier molecular flexibility index (Phi) is 7.08. The summed E-state index contributed by atoms with van der Waals surface area (Å²) in [6.45, 7) is 9.30. The van der Waals surface area contributed by atoms with E-state index in [-0.39, 0.29) is 5.92 Å². The summed E-state index contributed by atoms with van der Waals surface area (Å²) in [4.78, 5) is 13.3. The average Bonchev–Trinajstić information content (AvgIpc) is 2.75. The molecule has 1 aliphatic heterocycles. The topological polar surface area (TPSA) is 59.0 Å². The molecule has 2 aliphatic rings. The number of carboxylic acids is 1. The number of benzene rings is 2. The smallest absolute Gasteiger partial charge is 0.309 e. The van der Waals surface area contributed by atoms with Gasteiger partial charge in [-0.25, -0.2) is 0 Å². The summed E-state index contributed by atoms with van der Waals surface area (Å²) in [6, 6.07) is 12.8. The lowest BCUT2D eigenvalue weighted by atomic mass is 9.85. The van der Waals surface area contributed by atoms with Gasteiger partial charge in [-0.1, -0.05) is 37.6 Å². The van der Waals surface area contributed by atoms with E-state index in [9.17, 15) is 4.79 Å². The van der Waals surface area contributed by atoms with Gasteiger partial charge < -0.3 is 14.6 Å². The van der Waals surface area contributed by atoms with Gasteiger partial charge in [0.05, 0.1) is 13.0 Å². The number of allylic oxidation sites excluding steroid dienone is 1. The highest BCUT2D eigenvalue weighted by atomic mass is 16.5. The van der Waals surface area contributed by atoms with E-state index in [1.165, 1.54) is 27.8 Å². The van der Waals surface area contributed by atoms with Crippen molar-refractivity contribution in [2.24, 2.45) is 11.8 Å². The van der Waals surface area contributed by atoms with Crippen LogP contribution in [0.25, 0.3) is 5.57 Å². The van der Waals surface area contributed by atoms with Gasteiger partial charge >= 0.3 is 5.97 Å². The molecule has 1 heterocycles. The number of methoxy groups -OCH3 is 1. The second-order valence-electron chi connectivity index (χ2n) is 9.81. The molecule has 1 saturated heterocycles. The third-order valence-corrected chi connectivity index (χ3v) is 6.82. The molecule has 0 unspecified atom stereocenters. The first-order chi connectivity index (χ1) is 15.8. The predicted molar refractivity (Wildman–Crippen MR) is 131 cm³/mol. The Morgan fingerprint density at radius 1 is 1.15 bits per heavy atom. The largest absolute Gasteiger partial charge is 0.496 e. The number of aryl methyl sites for hydroxylation is 1. The highest BCUT2D eigenvalue weighted by molar-refractivity contribution is 5.73. The minimum absolute atomic E-state index is 0.202. The Labute approximate surface area is 197 Å². The number of nitrogens with zero attached hydrogens (tertiary/aromatic N) is 1. The number of hydrogen-bond acceptors (Lipinski definition) is 4. The second-order valence-corrected chi connectivity index (χ2v) is 9.81. The second kappa shape index (κ2) is 10.0. The molecule has 0 radical (unpaired) electrons. The molecular formula is C28H35NO4. The zero-order valence-electron chi connectivity index (χ0n) is 20.2. The molecule has 5 nitrogen and oxygen atoms in total. The molecule has 0 amide bonds. The fraction of sp³-hybridized carbons (Fsp3) is 0.464. The summed E-state index contributed by atoms with van der Waals surface area (Å²) >= 11 is 0. The van der Waals surface area contributed by atoms with Crippen LogP contribution in [-0.2, 0) is 24.2 Å². The van der Waals surface area contributed by atoms with E-state index in [2.05, 4.69) is 62.1 Å². The molecule has 0 saturated carbocycles. The minimum Gasteiger partial charge on any atom is -0.496 e. The Morgan fingerprint density at radius 2 is 1.94 bits per heavy atom. The highest BCUT2D eigenvalue weighted by Gasteiger charge is 2.33. The molecule has 5 heteroatoms. The summed E-state index contributed by atoms with van der Waals surface area (Å²) in [6.07, 6.45) is 3.04. The van der Waals surface area contributed by atoms with Crippen LogP contribution in [0, 0.1) is 11.8 Å². The summed E-state index contributed by atoms with van der Waals surface area (Å²) < 4.78 is 11.8. The van der Waals surface area contributed by atoms with E-state index in [0.29, 0.717) is 25.6 Å². The first-order valence-electron chi connectivity index (χ1n) is 11.9. The molecule has 176 valence electrons. The minimum atomic E-state index is -0.678.